The van der Waals surface area contributed by atoms with Crippen molar-refractivity contribution in [1.82, 2.24) is 14.8 Å². The molecule has 0 amide bonds. The van der Waals surface area contributed by atoms with Crippen LogP contribution in [-0.4, -0.2) is 14.8 Å². The van der Waals surface area contributed by atoms with Gasteiger partial charge >= 0.3 is 0 Å². The number of nitrogens with zero attached hydrogens (tertiary/aromatic N) is 4. The second kappa shape index (κ2) is 4.19. The molecule has 17 heavy (non-hydrogen) atoms. The van der Waals surface area contributed by atoms with Gasteiger partial charge in [0.25, 0.3) is 0 Å². The number of halogens is 1. The number of hydrogen-bond acceptors (Lipinski definition) is 3. The zero-order chi connectivity index (χ0) is 12.5. The molecule has 2 aromatic rings. The standard InChI is InChI=1S/C12H11ClN4/c1-12(8-14,9-6-15-17(2)7-9)10-4-3-5-11(13)16-10/h3-7H,1-2H3. The van der Waals surface area contributed by atoms with Gasteiger partial charge in [0.05, 0.1) is 18.0 Å². The first-order valence-corrected chi connectivity index (χ1v) is 5.47. The van der Waals surface area contributed by atoms with Crippen LogP contribution < -0.4 is 0 Å². The zero-order valence-electron chi connectivity index (χ0n) is 9.55. The Morgan fingerprint density at radius 2 is 2.24 bits per heavy atom. The quantitative estimate of drug-likeness (QED) is 0.764. The van der Waals surface area contributed by atoms with Crippen molar-refractivity contribution >= 4 is 11.6 Å². The van der Waals surface area contributed by atoms with Gasteiger partial charge in [-0.25, -0.2) is 4.98 Å². The van der Waals surface area contributed by atoms with E-state index in [0.717, 1.165) is 5.56 Å². The van der Waals surface area contributed by atoms with Crippen LogP contribution in [0.15, 0.2) is 30.6 Å². The Morgan fingerprint density at radius 1 is 1.47 bits per heavy atom. The van der Waals surface area contributed by atoms with E-state index < -0.39 is 5.41 Å². The van der Waals surface area contributed by atoms with Gasteiger partial charge in [-0.15, -0.1) is 0 Å². The summed E-state index contributed by atoms with van der Waals surface area (Å²) in [5, 5.41) is 13.9. The Bertz CT molecular complexity index is 584. The fourth-order valence-electron chi connectivity index (χ4n) is 1.64. The van der Waals surface area contributed by atoms with Gasteiger partial charge in [0.15, 0.2) is 0 Å². The van der Waals surface area contributed by atoms with Gasteiger partial charge in [0.1, 0.15) is 10.6 Å². The summed E-state index contributed by atoms with van der Waals surface area (Å²) < 4.78 is 1.66. The largest absolute Gasteiger partial charge is 0.275 e. The van der Waals surface area contributed by atoms with Crippen LogP contribution in [-0.2, 0) is 12.5 Å². The van der Waals surface area contributed by atoms with Gasteiger partial charge < -0.3 is 0 Å². The summed E-state index contributed by atoms with van der Waals surface area (Å²) in [5.74, 6) is 0. The maximum Gasteiger partial charge on any atom is 0.129 e. The Kier molecular flexibility index (Phi) is 2.86. The van der Waals surface area contributed by atoms with Gasteiger partial charge in [0, 0.05) is 18.8 Å². The molecule has 2 rings (SSSR count). The molecule has 0 bridgehead atoms. The molecule has 0 radical (unpaired) electrons. The molecule has 0 aliphatic rings. The summed E-state index contributed by atoms with van der Waals surface area (Å²) in [6.07, 6.45) is 3.48. The molecular formula is C12H11ClN4. The molecular weight excluding hydrogens is 236 g/mol. The Balaban J connectivity index is 2.56. The van der Waals surface area contributed by atoms with Gasteiger partial charge in [-0.1, -0.05) is 17.7 Å². The van der Waals surface area contributed by atoms with E-state index in [1.165, 1.54) is 0 Å². The second-order valence-electron chi connectivity index (χ2n) is 3.99. The van der Waals surface area contributed by atoms with Crippen molar-refractivity contribution in [3.8, 4) is 6.07 Å². The van der Waals surface area contributed by atoms with Crippen LogP contribution in [0.1, 0.15) is 18.2 Å². The normalized spacial score (nSPS) is 14.0. The smallest absolute Gasteiger partial charge is 0.129 e. The summed E-state index contributed by atoms with van der Waals surface area (Å²) in [6, 6.07) is 7.55. The van der Waals surface area contributed by atoms with Crippen LogP contribution in [0, 0.1) is 11.3 Å². The molecule has 4 nitrogen and oxygen atoms in total. The Hall–Kier alpha value is -1.86. The molecule has 0 spiro atoms. The highest BCUT2D eigenvalue weighted by Crippen LogP contribution is 2.30. The first kappa shape index (κ1) is 11.6. The molecule has 86 valence electrons. The van der Waals surface area contributed by atoms with Crippen molar-refractivity contribution in [3.05, 3.63) is 47.0 Å². The van der Waals surface area contributed by atoms with Crippen molar-refractivity contribution in [1.29, 1.82) is 5.26 Å². The third-order valence-corrected chi connectivity index (χ3v) is 2.94. The van der Waals surface area contributed by atoms with E-state index >= 15 is 0 Å². The van der Waals surface area contributed by atoms with E-state index in [1.807, 2.05) is 20.2 Å². The molecule has 1 atom stereocenters. The molecule has 0 fully saturated rings. The van der Waals surface area contributed by atoms with Crippen molar-refractivity contribution < 1.29 is 0 Å². The van der Waals surface area contributed by atoms with E-state index in [9.17, 15) is 5.26 Å². The highest BCUT2D eigenvalue weighted by atomic mass is 35.5. The molecule has 1 unspecified atom stereocenters. The van der Waals surface area contributed by atoms with Crippen molar-refractivity contribution in [2.45, 2.75) is 12.3 Å². The van der Waals surface area contributed by atoms with Gasteiger partial charge in [-0.2, -0.15) is 10.4 Å². The molecule has 0 aliphatic carbocycles. The topological polar surface area (TPSA) is 54.5 Å². The monoisotopic (exact) mass is 246 g/mol. The summed E-state index contributed by atoms with van der Waals surface area (Å²) in [4.78, 5) is 4.21. The Labute approximate surface area is 104 Å². The van der Waals surface area contributed by atoms with Gasteiger partial charge in [-0.05, 0) is 19.1 Å². The van der Waals surface area contributed by atoms with Crippen LogP contribution in [0.5, 0.6) is 0 Å². The molecule has 0 N–H and O–H groups in total. The summed E-state index contributed by atoms with van der Waals surface area (Å²) in [5.41, 5.74) is 0.594. The SMILES string of the molecule is Cn1cc(C(C)(C#N)c2cccc(Cl)n2)cn1. The summed E-state index contributed by atoms with van der Waals surface area (Å²) in [7, 11) is 1.81. The number of rotatable bonds is 2. The number of aromatic nitrogens is 3. The van der Waals surface area contributed by atoms with E-state index in [1.54, 1.807) is 29.1 Å². The predicted octanol–water partition coefficient (Wildman–Crippen LogP) is 2.30. The molecule has 2 aromatic heterocycles. The van der Waals surface area contributed by atoms with Crippen LogP contribution in [0.2, 0.25) is 5.15 Å². The van der Waals surface area contributed by atoms with Crippen LogP contribution in [0.25, 0.3) is 0 Å². The lowest BCUT2D eigenvalue weighted by molar-refractivity contribution is 0.705. The van der Waals surface area contributed by atoms with Crippen LogP contribution >= 0.6 is 11.6 Å². The predicted molar refractivity (Wildman–Crippen MR) is 64.5 cm³/mol. The lowest BCUT2D eigenvalue weighted by atomic mass is 9.82. The van der Waals surface area contributed by atoms with E-state index in [4.69, 9.17) is 11.6 Å². The van der Waals surface area contributed by atoms with Gasteiger partial charge in [0.2, 0.25) is 0 Å². The number of nitriles is 1. The average molecular weight is 247 g/mol. The van der Waals surface area contributed by atoms with Gasteiger partial charge in [-0.3, -0.25) is 4.68 Å². The average Bonchev–Trinajstić information content (AvgIpc) is 2.75. The minimum absolute atomic E-state index is 0.382. The molecule has 0 aliphatic heterocycles. The highest BCUT2D eigenvalue weighted by molar-refractivity contribution is 6.29. The number of aryl methyl sites for hydroxylation is 1. The lowest BCUT2D eigenvalue weighted by Gasteiger charge is -2.19. The van der Waals surface area contributed by atoms with Crippen molar-refractivity contribution in [3.63, 3.8) is 0 Å². The third-order valence-electron chi connectivity index (χ3n) is 2.73. The first-order chi connectivity index (χ1) is 8.06. The molecule has 0 aromatic carbocycles. The van der Waals surface area contributed by atoms with E-state index in [-0.39, 0.29) is 0 Å². The maximum atomic E-state index is 9.42. The molecule has 2 heterocycles. The summed E-state index contributed by atoms with van der Waals surface area (Å²) in [6.45, 7) is 1.81. The zero-order valence-corrected chi connectivity index (χ0v) is 10.3. The minimum Gasteiger partial charge on any atom is -0.275 e. The van der Waals surface area contributed by atoms with E-state index in [2.05, 4.69) is 16.2 Å². The Morgan fingerprint density at radius 3 is 2.76 bits per heavy atom. The fourth-order valence-corrected chi connectivity index (χ4v) is 1.80. The third kappa shape index (κ3) is 2.02. The van der Waals surface area contributed by atoms with Crippen molar-refractivity contribution in [2.75, 3.05) is 0 Å². The maximum absolute atomic E-state index is 9.42. The second-order valence-corrected chi connectivity index (χ2v) is 4.37. The first-order valence-electron chi connectivity index (χ1n) is 5.09. The molecule has 0 saturated heterocycles. The van der Waals surface area contributed by atoms with Crippen molar-refractivity contribution in [2.24, 2.45) is 7.05 Å². The number of hydrogen-bond donors (Lipinski definition) is 0. The van der Waals surface area contributed by atoms with Crippen LogP contribution in [0.4, 0.5) is 0 Å². The minimum atomic E-state index is -0.834. The number of pyridine rings is 1. The summed E-state index contributed by atoms with van der Waals surface area (Å²) >= 11 is 5.86. The highest BCUT2D eigenvalue weighted by Gasteiger charge is 2.31. The van der Waals surface area contributed by atoms with Crippen LogP contribution in [0.3, 0.4) is 0 Å². The lowest BCUT2D eigenvalue weighted by Crippen LogP contribution is -2.22. The molecule has 0 saturated carbocycles. The fraction of sp³-hybridized carbons (Fsp3) is 0.250. The van der Waals surface area contributed by atoms with E-state index in [0.29, 0.717) is 10.8 Å². The molecule has 5 heteroatoms.